The van der Waals surface area contributed by atoms with Crippen molar-refractivity contribution < 1.29 is 23.8 Å². The number of hydrogen-bond donors (Lipinski definition) is 1. The molecule has 1 unspecified atom stereocenters. The fourth-order valence-corrected chi connectivity index (χ4v) is 6.57. The number of aromatic hydroxyl groups is 1. The number of pyridine rings is 1. The van der Waals surface area contributed by atoms with Crippen LogP contribution in [0.15, 0.2) is 30.9 Å². The Bertz CT molecular complexity index is 1350. The molecule has 9 nitrogen and oxygen atoms in total. The van der Waals surface area contributed by atoms with Crippen LogP contribution in [0.25, 0.3) is 11.3 Å². The molecule has 2 atom stereocenters. The van der Waals surface area contributed by atoms with E-state index in [0.717, 1.165) is 13.0 Å². The van der Waals surface area contributed by atoms with Crippen LogP contribution in [-0.2, 0) is 4.79 Å². The van der Waals surface area contributed by atoms with Gasteiger partial charge in [0.25, 0.3) is 5.91 Å². The first kappa shape index (κ1) is 28.2. The fraction of sp³-hybridized carbons (Fsp3) is 0.483. The molecular weight excluding hydrogens is 537 g/mol. The second-order valence-electron chi connectivity index (χ2n) is 11.6. The Labute approximate surface area is 238 Å². The Morgan fingerprint density at radius 1 is 1.30 bits per heavy atom. The molecule has 1 N–H and O–H groups in total. The Morgan fingerprint density at radius 2 is 2.05 bits per heavy atom. The van der Waals surface area contributed by atoms with Crippen molar-refractivity contribution in [3.8, 4) is 22.8 Å². The number of anilines is 1. The highest BCUT2D eigenvalue weighted by Gasteiger charge is 2.45. The number of halogens is 2. The molecule has 3 aliphatic heterocycles. The quantitative estimate of drug-likeness (QED) is 0.548. The van der Waals surface area contributed by atoms with E-state index in [4.69, 9.17) is 21.3 Å². The largest absolute Gasteiger partial charge is 0.507 e. The first-order valence-corrected chi connectivity index (χ1v) is 13.8. The van der Waals surface area contributed by atoms with Gasteiger partial charge in [0.2, 0.25) is 5.91 Å². The summed E-state index contributed by atoms with van der Waals surface area (Å²) < 4.78 is 21.4. The molecule has 4 heterocycles. The molecule has 11 heteroatoms. The lowest BCUT2D eigenvalue weighted by Gasteiger charge is -2.40. The number of hydrogen-bond acceptors (Lipinski definition) is 7. The molecule has 2 saturated heterocycles. The van der Waals surface area contributed by atoms with Gasteiger partial charge in [-0.2, -0.15) is 0 Å². The first-order valence-electron chi connectivity index (χ1n) is 13.4. The lowest BCUT2D eigenvalue weighted by molar-refractivity contribution is -0.128. The van der Waals surface area contributed by atoms with Gasteiger partial charge in [0.05, 0.1) is 11.6 Å². The Morgan fingerprint density at radius 3 is 2.73 bits per heavy atom. The van der Waals surface area contributed by atoms with Crippen LogP contribution in [-0.4, -0.2) is 102 Å². The van der Waals surface area contributed by atoms with Gasteiger partial charge < -0.3 is 29.4 Å². The summed E-state index contributed by atoms with van der Waals surface area (Å²) >= 11 is 6.85. The third kappa shape index (κ3) is 4.88. The summed E-state index contributed by atoms with van der Waals surface area (Å²) in [7, 11) is 4.05. The molecule has 3 aliphatic rings. The second-order valence-corrected chi connectivity index (χ2v) is 12.0. The summed E-state index contributed by atoms with van der Waals surface area (Å²) in [5.41, 5.74) is -0.312. The summed E-state index contributed by atoms with van der Waals surface area (Å²) in [5.74, 6) is -0.770. The number of fused-ring (bicyclic) bond motifs is 2. The molecule has 2 amide bonds. The summed E-state index contributed by atoms with van der Waals surface area (Å²) in [4.78, 5) is 39.0. The predicted octanol–water partition coefficient (Wildman–Crippen LogP) is 3.64. The number of amides is 2. The van der Waals surface area contributed by atoms with E-state index >= 15 is 4.39 Å². The molecule has 40 heavy (non-hydrogen) atoms. The molecule has 5 rings (SSSR count). The third-order valence-electron chi connectivity index (χ3n) is 8.01. The van der Waals surface area contributed by atoms with Crippen LogP contribution in [0.5, 0.6) is 11.5 Å². The van der Waals surface area contributed by atoms with Crippen molar-refractivity contribution in [3.63, 3.8) is 0 Å². The van der Waals surface area contributed by atoms with Gasteiger partial charge in [-0.3, -0.25) is 9.59 Å². The minimum atomic E-state index is -0.692. The maximum absolute atomic E-state index is 15.1. The van der Waals surface area contributed by atoms with Crippen molar-refractivity contribution in [1.82, 2.24) is 19.7 Å². The SMILES string of the molecule is C=CC(=O)N1CCN2C(=O)c3c(N4CC(CN(C)C)CC4(C)C)nc(-c4c(O)cccc4F)c(Cl)c3OC[C@H]2C1. The summed E-state index contributed by atoms with van der Waals surface area (Å²) in [6, 6.07) is 3.57. The number of aromatic nitrogens is 1. The Hall–Kier alpha value is -3.37. The number of piperazine rings is 1. The van der Waals surface area contributed by atoms with Crippen molar-refractivity contribution in [1.29, 1.82) is 0 Å². The van der Waals surface area contributed by atoms with Gasteiger partial charge in [0.1, 0.15) is 40.3 Å². The molecule has 2 fully saturated rings. The minimum absolute atomic E-state index is 0.00834. The average Bonchev–Trinajstić information content (AvgIpc) is 3.10. The van der Waals surface area contributed by atoms with E-state index in [2.05, 4.69) is 30.2 Å². The van der Waals surface area contributed by atoms with Crippen LogP contribution >= 0.6 is 11.6 Å². The topological polar surface area (TPSA) is 89.5 Å². The molecule has 214 valence electrons. The Balaban J connectivity index is 1.68. The molecule has 0 bridgehead atoms. The van der Waals surface area contributed by atoms with Crippen LogP contribution in [0.1, 0.15) is 30.6 Å². The highest BCUT2D eigenvalue weighted by Crippen LogP contribution is 2.48. The van der Waals surface area contributed by atoms with Gasteiger partial charge >= 0.3 is 0 Å². The van der Waals surface area contributed by atoms with Crippen LogP contribution in [0.3, 0.4) is 0 Å². The zero-order valence-electron chi connectivity index (χ0n) is 23.3. The number of carbonyl (C=O) groups is 2. The first-order chi connectivity index (χ1) is 18.9. The fourth-order valence-electron chi connectivity index (χ4n) is 6.28. The number of carbonyl (C=O) groups excluding carboxylic acids is 2. The van der Waals surface area contributed by atoms with Crippen molar-refractivity contribution in [2.24, 2.45) is 5.92 Å². The van der Waals surface area contributed by atoms with Gasteiger partial charge in [-0.05, 0) is 58.5 Å². The van der Waals surface area contributed by atoms with Crippen molar-refractivity contribution in [2.75, 3.05) is 58.3 Å². The number of nitrogens with zero attached hydrogens (tertiary/aromatic N) is 5. The molecule has 1 aromatic heterocycles. The van der Waals surface area contributed by atoms with E-state index in [1.807, 2.05) is 14.1 Å². The van der Waals surface area contributed by atoms with Gasteiger partial charge in [-0.25, -0.2) is 9.37 Å². The van der Waals surface area contributed by atoms with Gasteiger partial charge in [-0.15, -0.1) is 0 Å². The maximum atomic E-state index is 15.1. The molecular formula is C29H35ClFN5O4. The number of benzene rings is 1. The van der Waals surface area contributed by atoms with Crippen molar-refractivity contribution in [2.45, 2.75) is 31.8 Å². The zero-order chi connectivity index (χ0) is 28.9. The summed E-state index contributed by atoms with van der Waals surface area (Å²) in [6.07, 6.45) is 2.11. The average molecular weight is 572 g/mol. The molecule has 0 spiro atoms. The summed E-state index contributed by atoms with van der Waals surface area (Å²) in [6.45, 7) is 10.3. The number of ether oxygens (including phenoxy) is 1. The molecule has 0 radical (unpaired) electrons. The van der Waals surface area contributed by atoms with Gasteiger partial charge in [-0.1, -0.05) is 24.2 Å². The molecule has 0 saturated carbocycles. The van der Waals surface area contributed by atoms with Crippen LogP contribution in [0.2, 0.25) is 5.02 Å². The van der Waals surface area contributed by atoms with E-state index < -0.39 is 11.9 Å². The van der Waals surface area contributed by atoms with Gasteiger partial charge in [0.15, 0.2) is 5.75 Å². The van der Waals surface area contributed by atoms with E-state index in [1.165, 1.54) is 24.3 Å². The van der Waals surface area contributed by atoms with Crippen molar-refractivity contribution >= 4 is 29.2 Å². The minimum Gasteiger partial charge on any atom is -0.507 e. The molecule has 1 aromatic carbocycles. The van der Waals surface area contributed by atoms with E-state index in [1.54, 1.807) is 9.80 Å². The molecule has 2 aromatic rings. The van der Waals surface area contributed by atoms with E-state index in [-0.39, 0.29) is 63.8 Å². The maximum Gasteiger partial charge on any atom is 0.261 e. The number of phenols is 1. The Kier molecular flexibility index (Phi) is 7.43. The summed E-state index contributed by atoms with van der Waals surface area (Å²) in [5, 5.41) is 10.6. The smallest absolute Gasteiger partial charge is 0.261 e. The molecule has 0 aliphatic carbocycles. The van der Waals surface area contributed by atoms with Crippen LogP contribution in [0, 0.1) is 11.7 Å². The number of rotatable bonds is 5. The monoisotopic (exact) mass is 571 g/mol. The number of phenolic OH excluding ortho intramolecular Hbond substituents is 1. The standard InChI is InChI=1S/C29H35ClFN5O4/c1-6-21(38)34-10-11-35-18(15-34)16-40-26-23(28(35)39)27(36-14-17(13-33(4)5)12-29(36,2)3)32-25(24(26)30)22-19(31)8-7-9-20(22)37/h6-9,17-18,37H,1,10-16H2,2-5H3/t17?,18-/m1/s1. The predicted molar refractivity (Wildman–Crippen MR) is 151 cm³/mol. The van der Waals surface area contributed by atoms with Crippen LogP contribution in [0.4, 0.5) is 10.2 Å². The zero-order valence-corrected chi connectivity index (χ0v) is 24.0. The van der Waals surface area contributed by atoms with Gasteiger partial charge in [0, 0.05) is 38.3 Å². The third-order valence-corrected chi connectivity index (χ3v) is 8.36. The lowest BCUT2D eigenvalue weighted by atomic mass is 9.96. The van der Waals surface area contributed by atoms with Crippen molar-refractivity contribution in [3.05, 3.63) is 47.3 Å². The normalized spacial score (nSPS) is 22.1. The van der Waals surface area contributed by atoms with E-state index in [9.17, 15) is 14.7 Å². The lowest BCUT2D eigenvalue weighted by Crippen LogP contribution is -2.57. The van der Waals surface area contributed by atoms with E-state index in [0.29, 0.717) is 31.4 Å². The highest BCUT2D eigenvalue weighted by molar-refractivity contribution is 6.35. The van der Waals surface area contributed by atoms with Crippen LogP contribution < -0.4 is 9.64 Å². The highest BCUT2D eigenvalue weighted by atomic mass is 35.5. The second kappa shape index (κ2) is 10.6.